The fourth-order valence-electron chi connectivity index (χ4n) is 7.16. The highest BCUT2D eigenvalue weighted by Gasteiger charge is 2.37. The van der Waals surface area contributed by atoms with Gasteiger partial charge in [-0.25, -0.2) is 0 Å². The largest absolute Gasteiger partial charge is 0.245 e. The van der Waals surface area contributed by atoms with Crippen LogP contribution >= 0.6 is 0 Å². The predicted molar refractivity (Wildman–Crippen MR) is 162 cm³/mol. The molecule has 1 heteroatoms. The molecule has 0 spiro atoms. The molecule has 1 aliphatic rings. The van der Waals surface area contributed by atoms with Crippen LogP contribution in [-0.4, -0.2) is 6.71 Å². The second-order valence-electron chi connectivity index (χ2n) is 10.4. The van der Waals surface area contributed by atoms with E-state index in [-0.39, 0.29) is 6.71 Å². The first kappa shape index (κ1) is 19.6. The summed E-state index contributed by atoms with van der Waals surface area (Å²) in [5, 5.41) is 13.4. The lowest BCUT2D eigenvalue weighted by Crippen LogP contribution is -2.49. The van der Waals surface area contributed by atoms with E-state index in [9.17, 15) is 0 Å². The van der Waals surface area contributed by atoms with Gasteiger partial charge in [-0.2, -0.15) is 0 Å². The molecular weight excluding hydrogens is 443 g/mol. The summed E-state index contributed by atoms with van der Waals surface area (Å²) >= 11 is 0. The van der Waals surface area contributed by atoms with Crippen LogP contribution < -0.4 is 16.4 Å². The minimum atomic E-state index is 0.173. The zero-order chi connectivity index (χ0) is 24.1. The highest BCUT2D eigenvalue weighted by Crippen LogP contribution is 2.39. The summed E-state index contributed by atoms with van der Waals surface area (Å²) in [5.41, 5.74) is 7.04. The maximum absolute atomic E-state index is 2.46. The first-order valence-corrected chi connectivity index (χ1v) is 13.1. The molecule has 0 saturated carbocycles. The first-order chi connectivity index (χ1) is 18.4. The van der Waals surface area contributed by atoms with Gasteiger partial charge in [0.05, 0.1) is 0 Å². The molecule has 0 fully saturated rings. The Labute approximate surface area is 215 Å². The van der Waals surface area contributed by atoms with Crippen LogP contribution in [0, 0.1) is 0 Å². The fraction of sp³-hybridized carbons (Fsp3) is 0. The molecule has 0 saturated heterocycles. The van der Waals surface area contributed by atoms with Crippen LogP contribution in [0.25, 0.3) is 65.0 Å². The molecular formula is C36H21B. The molecule has 0 amide bonds. The number of fused-ring (bicyclic) bond motifs is 7. The van der Waals surface area contributed by atoms with Gasteiger partial charge in [0.25, 0.3) is 0 Å². The zero-order valence-corrected chi connectivity index (χ0v) is 20.2. The third-order valence-corrected chi connectivity index (χ3v) is 8.66. The van der Waals surface area contributed by atoms with Crippen molar-refractivity contribution in [1.29, 1.82) is 0 Å². The smallest absolute Gasteiger partial charge is 0.0663 e. The number of hydrogen-bond acceptors (Lipinski definition) is 0. The molecule has 1 heterocycles. The van der Waals surface area contributed by atoms with Crippen LogP contribution in [0.1, 0.15) is 0 Å². The lowest BCUT2D eigenvalue weighted by Gasteiger charge is -2.19. The monoisotopic (exact) mass is 464 g/mol. The van der Waals surface area contributed by atoms with Crippen molar-refractivity contribution < 1.29 is 0 Å². The van der Waals surface area contributed by atoms with Gasteiger partial charge >= 0.3 is 0 Å². The maximum atomic E-state index is 2.46. The second-order valence-corrected chi connectivity index (χ2v) is 10.4. The summed E-state index contributed by atoms with van der Waals surface area (Å²) in [6.07, 6.45) is 0. The van der Waals surface area contributed by atoms with Gasteiger partial charge in [0.1, 0.15) is 0 Å². The Morgan fingerprint density at radius 2 is 0.946 bits per heavy atom. The van der Waals surface area contributed by atoms with E-state index in [4.69, 9.17) is 0 Å². The Morgan fingerprint density at radius 3 is 1.81 bits per heavy atom. The molecule has 0 bridgehead atoms. The Kier molecular flexibility index (Phi) is 3.69. The van der Waals surface area contributed by atoms with Gasteiger partial charge < -0.3 is 0 Å². The Morgan fingerprint density at radius 1 is 0.351 bits per heavy atom. The molecule has 9 rings (SSSR count). The first-order valence-electron chi connectivity index (χ1n) is 13.1. The van der Waals surface area contributed by atoms with Crippen molar-refractivity contribution in [1.82, 2.24) is 0 Å². The van der Waals surface area contributed by atoms with E-state index in [0.29, 0.717) is 0 Å². The van der Waals surface area contributed by atoms with Crippen LogP contribution in [-0.2, 0) is 0 Å². The fourth-order valence-corrected chi connectivity index (χ4v) is 7.16. The Hall–Kier alpha value is -4.62. The van der Waals surface area contributed by atoms with E-state index in [1.807, 2.05) is 0 Å². The van der Waals surface area contributed by atoms with E-state index < -0.39 is 0 Å². The third-order valence-electron chi connectivity index (χ3n) is 8.66. The topological polar surface area (TPSA) is 0 Å². The van der Waals surface area contributed by atoms with Crippen LogP contribution in [0.2, 0.25) is 0 Å². The third kappa shape index (κ3) is 2.49. The van der Waals surface area contributed by atoms with Gasteiger partial charge in [-0.05, 0) is 71.1 Å². The van der Waals surface area contributed by atoms with Gasteiger partial charge in [0.15, 0.2) is 0 Å². The predicted octanol–water partition coefficient (Wildman–Crippen LogP) is 7.39. The summed E-state index contributed by atoms with van der Waals surface area (Å²) in [4.78, 5) is 0. The van der Waals surface area contributed by atoms with Crippen molar-refractivity contribution in [2.75, 3.05) is 0 Å². The molecule has 37 heavy (non-hydrogen) atoms. The average molecular weight is 464 g/mol. The SMILES string of the molecule is c1ccc2c(B3c4c(ccc5ccccc45)-c4cc5ccc6cccc7ccc(c43)c5c67)cccc2c1. The lowest BCUT2D eigenvalue weighted by molar-refractivity contribution is 1.75. The zero-order valence-electron chi connectivity index (χ0n) is 20.2. The minimum Gasteiger partial charge on any atom is -0.0663 e. The molecule has 0 radical (unpaired) electrons. The van der Waals surface area contributed by atoms with E-state index >= 15 is 0 Å². The van der Waals surface area contributed by atoms with Gasteiger partial charge in [-0.15, -0.1) is 0 Å². The summed E-state index contributed by atoms with van der Waals surface area (Å²) in [6, 6.07) is 47.7. The summed E-state index contributed by atoms with van der Waals surface area (Å²) in [6.45, 7) is 0.173. The van der Waals surface area contributed by atoms with Crippen molar-refractivity contribution >= 4 is 77.0 Å². The minimum absolute atomic E-state index is 0.173. The van der Waals surface area contributed by atoms with Crippen molar-refractivity contribution in [2.45, 2.75) is 0 Å². The molecule has 8 aromatic rings. The van der Waals surface area contributed by atoms with E-state index in [1.165, 1.54) is 81.4 Å². The van der Waals surface area contributed by atoms with Gasteiger partial charge in [0.2, 0.25) is 6.71 Å². The van der Waals surface area contributed by atoms with Gasteiger partial charge in [0, 0.05) is 0 Å². The highest BCUT2D eigenvalue weighted by atomic mass is 14.2. The quantitative estimate of drug-likeness (QED) is 0.176. The average Bonchev–Trinajstić information content (AvgIpc) is 3.30. The maximum Gasteiger partial charge on any atom is 0.245 e. The van der Waals surface area contributed by atoms with Crippen LogP contribution in [0.4, 0.5) is 0 Å². The molecule has 0 N–H and O–H groups in total. The van der Waals surface area contributed by atoms with Gasteiger partial charge in [-0.1, -0.05) is 138 Å². The van der Waals surface area contributed by atoms with E-state index in [2.05, 4.69) is 127 Å². The highest BCUT2D eigenvalue weighted by molar-refractivity contribution is 7.03. The number of hydrogen-bond donors (Lipinski definition) is 0. The van der Waals surface area contributed by atoms with Crippen molar-refractivity contribution in [3.8, 4) is 11.1 Å². The van der Waals surface area contributed by atoms with Crippen molar-refractivity contribution in [2.24, 2.45) is 0 Å². The Balaban J connectivity index is 1.51. The van der Waals surface area contributed by atoms with E-state index in [0.717, 1.165) is 0 Å². The van der Waals surface area contributed by atoms with Crippen molar-refractivity contribution in [3.63, 3.8) is 0 Å². The molecule has 168 valence electrons. The standard InChI is InChI=1S/C36H21B/c1-3-12-27-22(7-1)9-6-14-32(27)37-35-28-13-4-2-8-23(28)17-19-29(35)31-21-26-16-15-24-10-5-11-25-18-20-30(36(31)37)34(26)33(24)25/h1-21H. The molecule has 0 nitrogen and oxygen atoms in total. The summed E-state index contributed by atoms with van der Waals surface area (Å²) in [5.74, 6) is 0. The molecule has 1 aliphatic heterocycles. The van der Waals surface area contributed by atoms with Crippen LogP contribution in [0.3, 0.4) is 0 Å². The van der Waals surface area contributed by atoms with Crippen LogP contribution in [0.15, 0.2) is 127 Å². The van der Waals surface area contributed by atoms with Crippen LogP contribution in [0.5, 0.6) is 0 Å². The molecule has 8 aromatic carbocycles. The normalized spacial score (nSPS) is 12.8. The van der Waals surface area contributed by atoms with Gasteiger partial charge in [-0.3, -0.25) is 0 Å². The molecule has 0 atom stereocenters. The lowest BCUT2D eigenvalue weighted by atomic mass is 9.37. The number of benzene rings is 8. The molecule has 0 aromatic heterocycles. The Bertz CT molecular complexity index is 2180. The molecule has 0 unspecified atom stereocenters. The van der Waals surface area contributed by atoms with E-state index in [1.54, 1.807) is 0 Å². The van der Waals surface area contributed by atoms with Crippen molar-refractivity contribution in [3.05, 3.63) is 127 Å². The number of rotatable bonds is 1. The second kappa shape index (κ2) is 6.99. The molecule has 0 aliphatic carbocycles. The summed E-state index contributed by atoms with van der Waals surface area (Å²) in [7, 11) is 0. The summed E-state index contributed by atoms with van der Waals surface area (Å²) < 4.78 is 0.